The molecule has 1 aromatic heterocycles. The number of guanidine groups is 1. The van der Waals surface area contributed by atoms with E-state index in [0.717, 1.165) is 30.0 Å². The third-order valence-electron chi connectivity index (χ3n) is 3.77. The van der Waals surface area contributed by atoms with Crippen LogP contribution in [0.5, 0.6) is 0 Å². The van der Waals surface area contributed by atoms with Crippen molar-refractivity contribution in [3.05, 3.63) is 52.9 Å². The van der Waals surface area contributed by atoms with Gasteiger partial charge in [-0.15, -0.1) is 0 Å². The summed E-state index contributed by atoms with van der Waals surface area (Å²) in [5, 5.41) is 10.4. The van der Waals surface area contributed by atoms with Crippen LogP contribution < -0.4 is 10.6 Å². The Hall–Kier alpha value is -2.83. The van der Waals surface area contributed by atoms with Gasteiger partial charge in [-0.1, -0.05) is 24.2 Å². The minimum Gasteiger partial charge on any atom is -0.359 e. The molecule has 1 amide bonds. The fourth-order valence-corrected chi connectivity index (χ4v) is 2.30. The van der Waals surface area contributed by atoms with Crippen molar-refractivity contribution < 1.29 is 9.32 Å². The van der Waals surface area contributed by atoms with Gasteiger partial charge in [-0.05, 0) is 31.0 Å². The molecule has 0 fully saturated rings. The van der Waals surface area contributed by atoms with E-state index in [-0.39, 0.29) is 5.91 Å². The highest BCUT2D eigenvalue weighted by atomic mass is 16.5. The topological polar surface area (TPSA) is 82.8 Å². The van der Waals surface area contributed by atoms with Crippen LogP contribution >= 0.6 is 0 Å². The van der Waals surface area contributed by atoms with E-state index >= 15 is 0 Å². The number of hydrogen-bond acceptors (Lipinski definition) is 4. The van der Waals surface area contributed by atoms with Gasteiger partial charge in [0.15, 0.2) is 11.7 Å². The minimum absolute atomic E-state index is 0.00596. The van der Waals surface area contributed by atoms with E-state index in [1.807, 2.05) is 44.2 Å². The number of carbonyl (C=O) groups is 1. The molecule has 0 radical (unpaired) electrons. The molecular formula is C19H27N5O2. The van der Waals surface area contributed by atoms with Gasteiger partial charge < -0.3 is 20.1 Å². The Morgan fingerprint density at radius 2 is 1.92 bits per heavy atom. The smallest absolute Gasteiger partial charge is 0.253 e. The van der Waals surface area contributed by atoms with Crippen LogP contribution in [-0.4, -0.2) is 42.6 Å². The number of rotatable bonds is 7. The van der Waals surface area contributed by atoms with Crippen molar-refractivity contribution in [2.45, 2.75) is 33.4 Å². The average Bonchev–Trinajstić information content (AvgIpc) is 3.12. The maximum absolute atomic E-state index is 11.9. The molecule has 0 saturated carbocycles. The molecule has 7 heteroatoms. The first-order valence-electron chi connectivity index (χ1n) is 8.80. The molecule has 1 aromatic carbocycles. The molecule has 0 atom stereocenters. The Kier molecular flexibility index (Phi) is 7.20. The third-order valence-corrected chi connectivity index (χ3v) is 3.77. The molecule has 140 valence electrons. The Morgan fingerprint density at radius 1 is 1.19 bits per heavy atom. The zero-order valence-electron chi connectivity index (χ0n) is 15.9. The van der Waals surface area contributed by atoms with Gasteiger partial charge in [0.05, 0.1) is 18.8 Å². The second kappa shape index (κ2) is 9.60. The average molecular weight is 357 g/mol. The highest BCUT2D eigenvalue weighted by Gasteiger charge is 2.07. The summed E-state index contributed by atoms with van der Waals surface area (Å²) in [4.78, 5) is 18.1. The molecule has 1 heterocycles. The van der Waals surface area contributed by atoms with Gasteiger partial charge in [0, 0.05) is 32.3 Å². The molecule has 0 unspecified atom stereocenters. The summed E-state index contributed by atoms with van der Waals surface area (Å²) >= 11 is 0. The van der Waals surface area contributed by atoms with Crippen molar-refractivity contribution in [1.82, 2.24) is 20.7 Å². The van der Waals surface area contributed by atoms with Crippen molar-refractivity contribution >= 4 is 11.9 Å². The first-order chi connectivity index (χ1) is 12.5. The molecule has 7 nitrogen and oxygen atoms in total. The molecule has 26 heavy (non-hydrogen) atoms. The monoisotopic (exact) mass is 357 g/mol. The Balaban J connectivity index is 1.96. The second-order valence-electron chi connectivity index (χ2n) is 6.08. The van der Waals surface area contributed by atoms with Crippen LogP contribution in [0.3, 0.4) is 0 Å². The second-order valence-corrected chi connectivity index (χ2v) is 6.08. The summed E-state index contributed by atoms with van der Waals surface area (Å²) < 4.78 is 5.27. The van der Waals surface area contributed by atoms with Crippen LogP contribution in [0, 0.1) is 0 Å². The number of amides is 1. The summed E-state index contributed by atoms with van der Waals surface area (Å²) in [6.07, 6.45) is 0.851. The quantitative estimate of drug-likeness (QED) is 0.586. The van der Waals surface area contributed by atoms with Crippen LogP contribution in [0.25, 0.3) is 0 Å². The van der Waals surface area contributed by atoms with Gasteiger partial charge in [-0.25, -0.2) is 4.99 Å². The predicted octanol–water partition coefficient (Wildman–Crippen LogP) is 2.19. The molecule has 0 bridgehead atoms. The van der Waals surface area contributed by atoms with E-state index in [9.17, 15) is 4.79 Å². The van der Waals surface area contributed by atoms with Gasteiger partial charge >= 0.3 is 0 Å². The Labute approximate surface area is 154 Å². The van der Waals surface area contributed by atoms with Crippen molar-refractivity contribution in [1.29, 1.82) is 0 Å². The van der Waals surface area contributed by atoms with Crippen molar-refractivity contribution in [2.75, 3.05) is 20.6 Å². The van der Waals surface area contributed by atoms with E-state index < -0.39 is 0 Å². The highest BCUT2D eigenvalue weighted by Crippen LogP contribution is 2.08. The van der Waals surface area contributed by atoms with Crippen LogP contribution in [0.2, 0.25) is 0 Å². The normalized spacial score (nSPS) is 11.3. The zero-order chi connectivity index (χ0) is 18.9. The lowest BCUT2D eigenvalue weighted by Crippen LogP contribution is -2.36. The third kappa shape index (κ3) is 5.61. The van der Waals surface area contributed by atoms with Gasteiger partial charge in [-0.2, -0.15) is 0 Å². The molecule has 2 aromatic rings. The van der Waals surface area contributed by atoms with Gasteiger partial charge in [0.1, 0.15) is 0 Å². The Morgan fingerprint density at radius 3 is 2.50 bits per heavy atom. The number of aryl methyl sites for hydroxylation is 1. The number of aliphatic imine (C=N–C) groups is 1. The maximum atomic E-state index is 11.9. The lowest BCUT2D eigenvalue weighted by molar-refractivity contribution is 0.0827. The van der Waals surface area contributed by atoms with E-state index in [1.165, 1.54) is 0 Å². The predicted molar refractivity (Wildman–Crippen MR) is 102 cm³/mol. The van der Waals surface area contributed by atoms with Crippen LogP contribution in [-0.2, 0) is 19.5 Å². The first kappa shape index (κ1) is 19.5. The first-order valence-corrected chi connectivity index (χ1v) is 8.80. The lowest BCUT2D eigenvalue weighted by Gasteiger charge is -2.11. The van der Waals surface area contributed by atoms with Crippen molar-refractivity contribution in [2.24, 2.45) is 4.99 Å². The number of nitrogens with zero attached hydrogens (tertiary/aromatic N) is 3. The van der Waals surface area contributed by atoms with Gasteiger partial charge in [0.25, 0.3) is 5.91 Å². The Bertz CT molecular complexity index is 735. The fourth-order valence-electron chi connectivity index (χ4n) is 2.30. The zero-order valence-corrected chi connectivity index (χ0v) is 15.9. The number of carbonyl (C=O) groups excluding carboxylic acids is 1. The van der Waals surface area contributed by atoms with Gasteiger partial charge in [0.2, 0.25) is 0 Å². The number of nitrogens with one attached hydrogen (secondary N) is 2. The largest absolute Gasteiger partial charge is 0.359 e. The number of aromatic nitrogens is 1. The van der Waals surface area contributed by atoms with Crippen molar-refractivity contribution in [3.63, 3.8) is 0 Å². The summed E-state index contributed by atoms with van der Waals surface area (Å²) in [7, 11) is 3.49. The minimum atomic E-state index is -0.00596. The molecule has 2 rings (SSSR count). The van der Waals surface area contributed by atoms with Crippen LogP contribution in [0.4, 0.5) is 0 Å². The standard InChI is InChI=1S/C19H27N5O2/c1-5-16-11-17(26-23-16)13-22-19(20-6-2)21-12-14-7-9-15(10-8-14)18(25)24(3)4/h7-11H,5-6,12-13H2,1-4H3,(H2,20,21,22). The summed E-state index contributed by atoms with van der Waals surface area (Å²) in [6, 6.07) is 9.45. The molecule has 2 N–H and O–H groups in total. The maximum Gasteiger partial charge on any atom is 0.253 e. The summed E-state index contributed by atoms with van der Waals surface area (Å²) in [5.74, 6) is 1.47. The van der Waals surface area contributed by atoms with E-state index in [2.05, 4.69) is 20.8 Å². The molecule has 0 saturated heterocycles. The van der Waals surface area contributed by atoms with Gasteiger partial charge in [-0.3, -0.25) is 4.79 Å². The summed E-state index contributed by atoms with van der Waals surface area (Å²) in [6.45, 7) is 5.86. The molecule has 0 aliphatic carbocycles. The lowest BCUT2D eigenvalue weighted by atomic mass is 10.1. The molecular weight excluding hydrogens is 330 g/mol. The number of hydrogen-bond donors (Lipinski definition) is 2. The molecule has 0 spiro atoms. The summed E-state index contributed by atoms with van der Waals surface area (Å²) in [5.41, 5.74) is 2.64. The highest BCUT2D eigenvalue weighted by molar-refractivity contribution is 5.93. The molecule has 0 aliphatic rings. The van der Waals surface area contributed by atoms with E-state index in [4.69, 9.17) is 4.52 Å². The van der Waals surface area contributed by atoms with Crippen molar-refractivity contribution in [3.8, 4) is 0 Å². The number of benzene rings is 1. The fraction of sp³-hybridized carbons (Fsp3) is 0.421. The van der Waals surface area contributed by atoms with E-state index in [1.54, 1.807) is 19.0 Å². The van der Waals surface area contributed by atoms with E-state index in [0.29, 0.717) is 24.6 Å². The SMILES string of the molecule is CCNC(=NCc1ccc(C(=O)N(C)C)cc1)NCc1cc(CC)no1. The van der Waals surface area contributed by atoms with Crippen LogP contribution in [0.1, 0.15) is 41.2 Å². The van der Waals surface area contributed by atoms with Crippen LogP contribution in [0.15, 0.2) is 39.8 Å². The molecule has 0 aliphatic heterocycles.